The van der Waals surface area contributed by atoms with Crippen molar-refractivity contribution in [2.75, 3.05) is 5.88 Å². The van der Waals surface area contributed by atoms with E-state index in [4.69, 9.17) is 11.6 Å². The van der Waals surface area contributed by atoms with Crippen LogP contribution in [-0.2, 0) is 12.8 Å². The quantitative estimate of drug-likeness (QED) is 0.702. The normalized spacial score (nSPS) is 12.4. The molecule has 0 fully saturated rings. The van der Waals surface area contributed by atoms with Gasteiger partial charge in [0.25, 0.3) is 0 Å². The van der Waals surface area contributed by atoms with E-state index in [0.29, 0.717) is 17.9 Å². The van der Waals surface area contributed by atoms with Crippen LogP contribution in [-0.4, -0.2) is 5.88 Å². The van der Waals surface area contributed by atoms with Gasteiger partial charge in [-0.1, -0.05) is 42.5 Å². The van der Waals surface area contributed by atoms with Gasteiger partial charge in [0.2, 0.25) is 0 Å². The highest BCUT2D eigenvalue weighted by atomic mass is 35.5. The third-order valence-electron chi connectivity index (χ3n) is 3.13. The first-order valence-electron chi connectivity index (χ1n) is 6.23. The summed E-state index contributed by atoms with van der Waals surface area (Å²) >= 11 is 5.94. The molecule has 0 aliphatic heterocycles. The summed E-state index contributed by atoms with van der Waals surface area (Å²) < 4.78 is 26.8. The van der Waals surface area contributed by atoms with Crippen LogP contribution in [0, 0.1) is 17.6 Å². The predicted octanol–water partition coefficient (Wildman–Crippen LogP) is 4.61. The topological polar surface area (TPSA) is 0 Å². The van der Waals surface area contributed by atoms with Crippen molar-refractivity contribution in [3.63, 3.8) is 0 Å². The SMILES string of the molecule is Fc1cccc(CC(CCl)Cc2ccccc2)c1F. The van der Waals surface area contributed by atoms with Crippen molar-refractivity contribution in [3.8, 4) is 0 Å². The van der Waals surface area contributed by atoms with Gasteiger partial charge in [0.05, 0.1) is 0 Å². The van der Waals surface area contributed by atoms with Gasteiger partial charge in [-0.25, -0.2) is 8.78 Å². The van der Waals surface area contributed by atoms with Gasteiger partial charge in [0, 0.05) is 5.88 Å². The van der Waals surface area contributed by atoms with Crippen molar-refractivity contribution in [1.82, 2.24) is 0 Å². The number of hydrogen-bond acceptors (Lipinski definition) is 0. The van der Waals surface area contributed by atoms with Crippen molar-refractivity contribution in [3.05, 3.63) is 71.3 Å². The molecule has 0 aliphatic rings. The summed E-state index contributed by atoms with van der Waals surface area (Å²) in [4.78, 5) is 0. The third-order valence-corrected chi connectivity index (χ3v) is 3.56. The molecule has 1 unspecified atom stereocenters. The lowest BCUT2D eigenvalue weighted by Crippen LogP contribution is -2.11. The highest BCUT2D eigenvalue weighted by Crippen LogP contribution is 2.19. The Balaban J connectivity index is 2.09. The minimum absolute atomic E-state index is 0.0976. The molecule has 3 heteroatoms. The zero-order chi connectivity index (χ0) is 13.7. The van der Waals surface area contributed by atoms with E-state index < -0.39 is 11.6 Å². The monoisotopic (exact) mass is 280 g/mol. The Labute approximate surface area is 117 Å². The van der Waals surface area contributed by atoms with Gasteiger partial charge in [0.15, 0.2) is 11.6 Å². The van der Waals surface area contributed by atoms with Crippen molar-refractivity contribution in [2.45, 2.75) is 12.8 Å². The van der Waals surface area contributed by atoms with Crippen LogP contribution in [0.4, 0.5) is 8.78 Å². The molecule has 0 spiro atoms. The Hall–Kier alpha value is -1.41. The molecule has 2 aromatic rings. The van der Waals surface area contributed by atoms with Gasteiger partial charge >= 0.3 is 0 Å². The second-order valence-corrected chi connectivity index (χ2v) is 4.94. The molecule has 0 heterocycles. The standard InChI is InChI=1S/C16H15ClF2/c17-11-13(9-12-5-2-1-3-6-12)10-14-7-4-8-15(18)16(14)19/h1-8,13H,9-11H2. The van der Waals surface area contributed by atoms with Crippen LogP contribution >= 0.6 is 11.6 Å². The average Bonchev–Trinajstić information content (AvgIpc) is 2.44. The molecule has 0 saturated heterocycles. The van der Waals surface area contributed by atoms with Gasteiger partial charge in [-0.3, -0.25) is 0 Å². The van der Waals surface area contributed by atoms with Crippen molar-refractivity contribution < 1.29 is 8.78 Å². The number of halogens is 3. The molecule has 2 aromatic carbocycles. The highest BCUT2D eigenvalue weighted by molar-refractivity contribution is 6.18. The molecular weight excluding hydrogens is 266 g/mol. The van der Waals surface area contributed by atoms with E-state index in [2.05, 4.69) is 0 Å². The average molecular weight is 281 g/mol. The lowest BCUT2D eigenvalue weighted by atomic mass is 9.94. The Bertz CT molecular complexity index is 526. The highest BCUT2D eigenvalue weighted by Gasteiger charge is 2.14. The number of rotatable bonds is 5. The molecule has 100 valence electrons. The first-order valence-corrected chi connectivity index (χ1v) is 6.77. The Morgan fingerprint density at radius 2 is 1.63 bits per heavy atom. The van der Waals surface area contributed by atoms with E-state index in [1.54, 1.807) is 6.07 Å². The smallest absolute Gasteiger partial charge is 0.162 e. The van der Waals surface area contributed by atoms with Crippen molar-refractivity contribution in [1.29, 1.82) is 0 Å². The molecule has 0 N–H and O–H groups in total. The molecule has 0 aromatic heterocycles. The van der Waals surface area contributed by atoms with Gasteiger partial charge in [-0.15, -0.1) is 11.6 Å². The third kappa shape index (κ3) is 3.77. The first-order chi connectivity index (χ1) is 9.20. The first kappa shape index (κ1) is 14.0. The van der Waals surface area contributed by atoms with Gasteiger partial charge in [-0.2, -0.15) is 0 Å². The summed E-state index contributed by atoms with van der Waals surface area (Å²) in [6.07, 6.45) is 1.21. The van der Waals surface area contributed by atoms with E-state index in [0.717, 1.165) is 18.1 Å². The molecule has 2 rings (SSSR count). The summed E-state index contributed by atoms with van der Waals surface area (Å²) in [5.74, 6) is -1.04. The number of hydrogen-bond donors (Lipinski definition) is 0. The molecule has 0 nitrogen and oxygen atoms in total. The van der Waals surface area contributed by atoms with E-state index in [-0.39, 0.29) is 5.92 Å². The fourth-order valence-electron chi connectivity index (χ4n) is 2.15. The second-order valence-electron chi connectivity index (χ2n) is 4.63. The zero-order valence-corrected chi connectivity index (χ0v) is 11.2. The van der Waals surface area contributed by atoms with Crippen LogP contribution in [0.25, 0.3) is 0 Å². The largest absolute Gasteiger partial charge is 0.204 e. The van der Waals surface area contributed by atoms with Gasteiger partial charge in [0.1, 0.15) is 0 Å². The number of alkyl halides is 1. The maximum atomic E-state index is 13.6. The molecule has 1 atom stereocenters. The van der Waals surface area contributed by atoms with Gasteiger partial charge < -0.3 is 0 Å². The molecule has 0 saturated carbocycles. The molecule has 0 aliphatic carbocycles. The molecular formula is C16H15ClF2. The summed E-state index contributed by atoms with van der Waals surface area (Å²) in [6, 6.07) is 14.2. The van der Waals surface area contributed by atoms with Crippen LogP contribution in [0.3, 0.4) is 0 Å². The maximum absolute atomic E-state index is 13.6. The number of benzene rings is 2. The van der Waals surface area contributed by atoms with Crippen LogP contribution in [0.1, 0.15) is 11.1 Å². The van der Waals surface area contributed by atoms with Crippen LogP contribution in [0.2, 0.25) is 0 Å². The lowest BCUT2D eigenvalue weighted by Gasteiger charge is -2.14. The Morgan fingerprint density at radius 3 is 2.32 bits per heavy atom. The fourth-order valence-corrected chi connectivity index (χ4v) is 2.36. The van der Waals surface area contributed by atoms with E-state index in [1.165, 1.54) is 6.07 Å². The van der Waals surface area contributed by atoms with Crippen molar-refractivity contribution in [2.24, 2.45) is 5.92 Å². The van der Waals surface area contributed by atoms with E-state index in [1.807, 2.05) is 30.3 Å². The summed E-state index contributed by atoms with van der Waals surface area (Å²) in [6.45, 7) is 0. The minimum atomic E-state index is -0.800. The van der Waals surface area contributed by atoms with E-state index >= 15 is 0 Å². The van der Waals surface area contributed by atoms with Crippen LogP contribution in [0.5, 0.6) is 0 Å². The maximum Gasteiger partial charge on any atom is 0.162 e. The lowest BCUT2D eigenvalue weighted by molar-refractivity contribution is 0.484. The molecule has 19 heavy (non-hydrogen) atoms. The molecule has 0 radical (unpaired) electrons. The summed E-state index contributed by atoms with van der Waals surface area (Å²) in [7, 11) is 0. The minimum Gasteiger partial charge on any atom is -0.204 e. The Morgan fingerprint density at radius 1 is 0.895 bits per heavy atom. The Kier molecular flexibility index (Phi) is 4.92. The van der Waals surface area contributed by atoms with Gasteiger partial charge in [-0.05, 0) is 36.0 Å². The summed E-state index contributed by atoms with van der Waals surface area (Å²) in [5.41, 5.74) is 1.55. The van der Waals surface area contributed by atoms with Crippen LogP contribution in [0.15, 0.2) is 48.5 Å². The zero-order valence-electron chi connectivity index (χ0n) is 10.5. The van der Waals surface area contributed by atoms with Crippen LogP contribution < -0.4 is 0 Å². The second kappa shape index (κ2) is 6.67. The molecule has 0 amide bonds. The van der Waals surface area contributed by atoms with Crippen molar-refractivity contribution >= 4 is 11.6 Å². The molecule has 0 bridgehead atoms. The summed E-state index contributed by atoms with van der Waals surface area (Å²) in [5, 5.41) is 0. The van der Waals surface area contributed by atoms with E-state index in [9.17, 15) is 8.78 Å². The predicted molar refractivity (Wildman–Crippen MR) is 74.4 cm³/mol. The fraction of sp³-hybridized carbons (Fsp3) is 0.250.